The molecule has 3 nitrogen and oxygen atoms in total. The topological polar surface area (TPSA) is 55.5 Å². The molecule has 1 atom stereocenters. The van der Waals surface area contributed by atoms with Gasteiger partial charge in [0.05, 0.1) is 19.3 Å². The van der Waals surface area contributed by atoms with Gasteiger partial charge in [0.25, 0.3) is 0 Å². The predicted molar refractivity (Wildman–Crippen MR) is 56.3 cm³/mol. The van der Waals surface area contributed by atoms with Gasteiger partial charge in [0.1, 0.15) is 0 Å². The molecule has 4 heteroatoms. The standard InChI is InChI=1S/C10H14ClNO2/c11-9-3-1-8(2-4-9)10(7-12)14-6-5-13/h1-4,10,13H,5-7,12H2. The summed E-state index contributed by atoms with van der Waals surface area (Å²) >= 11 is 5.75. The van der Waals surface area contributed by atoms with Crippen LogP contribution in [0.4, 0.5) is 0 Å². The molecule has 0 aliphatic heterocycles. The van der Waals surface area contributed by atoms with Gasteiger partial charge in [-0.25, -0.2) is 0 Å². The molecule has 0 radical (unpaired) electrons. The maximum absolute atomic E-state index is 8.61. The third-order valence-corrected chi connectivity index (χ3v) is 2.12. The van der Waals surface area contributed by atoms with E-state index in [2.05, 4.69) is 0 Å². The molecule has 78 valence electrons. The molecule has 0 amide bonds. The summed E-state index contributed by atoms with van der Waals surface area (Å²) in [6, 6.07) is 7.33. The Kier molecular flexibility index (Phi) is 4.90. The first-order chi connectivity index (χ1) is 6.77. The van der Waals surface area contributed by atoms with Gasteiger partial charge >= 0.3 is 0 Å². The normalized spacial score (nSPS) is 12.8. The monoisotopic (exact) mass is 215 g/mol. The summed E-state index contributed by atoms with van der Waals surface area (Å²) in [5, 5.41) is 9.30. The summed E-state index contributed by atoms with van der Waals surface area (Å²) in [6.07, 6.45) is -0.167. The van der Waals surface area contributed by atoms with Gasteiger partial charge in [-0.05, 0) is 17.7 Å². The number of halogens is 1. The summed E-state index contributed by atoms with van der Waals surface area (Å²) in [5.74, 6) is 0. The largest absolute Gasteiger partial charge is 0.394 e. The first-order valence-electron chi connectivity index (χ1n) is 4.46. The van der Waals surface area contributed by atoms with Crippen LogP contribution in [-0.2, 0) is 4.74 Å². The lowest BCUT2D eigenvalue weighted by molar-refractivity contribution is 0.0329. The Bertz CT molecular complexity index is 263. The molecule has 3 N–H and O–H groups in total. The minimum absolute atomic E-state index is 0.00406. The maximum Gasteiger partial charge on any atom is 0.0948 e. The van der Waals surface area contributed by atoms with Crippen LogP contribution in [0.5, 0.6) is 0 Å². The van der Waals surface area contributed by atoms with Crippen molar-refractivity contribution in [1.29, 1.82) is 0 Å². The molecule has 1 rings (SSSR count). The van der Waals surface area contributed by atoms with E-state index in [0.717, 1.165) is 5.56 Å². The van der Waals surface area contributed by atoms with E-state index < -0.39 is 0 Å². The zero-order chi connectivity index (χ0) is 10.4. The van der Waals surface area contributed by atoms with Crippen molar-refractivity contribution in [2.45, 2.75) is 6.10 Å². The lowest BCUT2D eigenvalue weighted by Crippen LogP contribution is -2.17. The van der Waals surface area contributed by atoms with Gasteiger partial charge in [-0.15, -0.1) is 0 Å². The highest BCUT2D eigenvalue weighted by atomic mass is 35.5. The van der Waals surface area contributed by atoms with Crippen LogP contribution in [0.25, 0.3) is 0 Å². The van der Waals surface area contributed by atoms with Gasteiger partial charge in [-0.2, -0.15) is 0 Å². The number of hydrogen-bond donors (Lipinski definition) is 2. The molecule has 0 aromatic heterocycles. The third kappa shape index (κ3) is 3.27. The van der Waals surface area contributed by atoms with Gasteiger partial charge in [0, 0.05) is 11.6 Å². The number of hydrogen-bond acceptors (Lipinski definition) is 3. The van der Waals surface area contributed by atoms with Gasteiger partial charge in [-0.1, -0.05) is 23.7 Å². The Morgan fingerprint density at radius 3 is 2.50 bits per heavy atom. The highest BCUT2D eigenvalue weighted by molar-refractivity contribution is 6.30. The van der Waals surface area contributed by atoms with Gasteiger partial charge in [0.15, 0.2) is 0 Å². The van der Waals surface area contributed by atoms with Crippen LogP contribution in [0, 0.1) is 0 Å². The average molecular weight is 216 g/mol. The van der Waals surface area contributed by atoms with Crippen LogP contribution >= 0.6 is 11.6 Å². The molecule has 0 spiro atoms. The van der Waals surface area contributed by atoms with E-state index in [1.54, 1.807) is 12.1 Å². The van der Waals surface area contributed by atoms with Crippen LogP contribution < -0.4 is 5.73 Å². The van der Waals surface area contributed by atoms with Crippen LogP contribution in [0.15, 0.2) is 24.3 Å². The van der Waals surface area contributed by atoms with E-state index in [1.807, 2.05) is 12.1 Å². The average Bonchev–Trinajstić information content (AvgIpc) is 2.21. The fraction of sp³-hybridized carbons (Fsp3) is 0.400. The second-order valence-electron chi connectivity index (χ2n) is 2.87. The summed E-state index contributed by atoms with van der Waals surface area (Å²) in [5.41, 5.74) is 6.52. The van der Waals surface area contributed by atoms with E-state index in [1.165, 1.54) is 0 Å². The number of ether oxygens (including phenoxy) is 1. The van der Waals surface area contributed by atoms with Crippen LogP contribution in [0.1, 0.15) is 11.7 Å². The predicted octanol–water partition coefficient (Wildman–Crippen LogP) is 1.35. The van der Waals surface area contributed by atoms with Gasteiger partial charge in [-0.3, -0.25) is 0 Å². The zero-order valence-electron chi connectivity index (χ0n) is 7.82. The summed E-state index contributed by atoms with van der Waals surface area (Å²) in [7, 11) is 0. The minimum atomic E-state index is -0.167. The molecule has 0 aliphatic rings. The molecule has 0 bridgehead atoms. The van der Waals surface area contributed by atoms with Crippen molar-refractivity contribution >= 4 is 11.6 Å². The van der Waals surface area contributed by atoms with Crippen LogP contribution in [0.3, 0.4) is 0 Å². The van der Waals surface area contributed by atoms with E-state index in [0.29, 0.717) is 18.2 Å². The zero-order valence-corrected chi connectivity index (χ0v) is 8.57. The van der Waals surface area contributed by atoms with Crippen molar-refractivity contribution in [2.75, 3.05) is 19.8 Å². The van der Waals surface area contributed by atoms with Crippen molar-refractivity contribution in [2.24, 2.45) is 5.73 Å². The number of aliphatic hydroxyl groups excluding tert-OH is 1. The molecule has 1 aromatic rings. The Balaban J connectivity index is 2.64. The van der Waals surface area contributed by atoms with Crippen molar-refractivity contribution in [1.82, 2.24) is 0 Å². The van der Waals surface area contributed by atoms with Crippen molar-refractivity contribution in [3.05, 3.63) is 34.9 Å². The summed E-state index contributed by atoms with van der Waals surface area (Å²) in [4.78, 5) is 0. The van der Waals surface area contributed by atoms with Crippen LogP contribution in [0.2, 0.25) is 5.02 Å². The maximum atomic E-state index is 8.61. The van der Waals surface area contributed by atoms with Crippen LogP contribution in [-0.4, -0.2) is 24.9 Å². The Morgan fingerprint density at radius 1 is 1.36 bits per heavy atom. The summed E-state index contributed by atoms with van der Waals surface area (Å²) < 4.78 is 5.35. The molecule has 0 saturated carbocycles. The number of nitrogens with two attached hydrogens (primary N) is 1. The first kappa shape index (κ1) is 11.5. The Hall–Kier alpha value is -0.610. The second kappa shape index (κ2) is 5.98. The highest BCUT2D eigenvalue weighted by Gasteiger charge is 2.08. The molecule has 0 aliphatic carbocycles. The van der Waals surface area contributed by atoms with E-state index in [4.69, 9.17) is 27.2 Å². The van der Waals surface area contributed by atoms with E-state index in [-0.39, 0.29) is 12.7 Å². The molecule has 0 fully saturated rings. The molecule has 0 saturated heterocycles. The lowest BCUT2D eigenvalue weighted by Gasteiger charge is -2.15. The first-order valence-corrected chi connectivity index (χ1v) is 4.83. The highest BCUT2D eigenvalue weighted by Crippen LogP contribution is 2.18. The molecule has 0 heterocycles. The Morgan fingerprint density at radius 2 is 2.00 bits per heavy atom. The lowest BCUT2D eigenvalue weighted by atomic mass is 10.1. The molecular weight excluding hydrogens is 202 g/mol. The summed E-state index contributed by atoms with van der Waals surface area (Å²) in [6.45, 7) is 0.691. The van der Waals surface area contributed by atoms with Gasteiger partial charge < -0.3 is 15.6 Å². The number of rotatable bonds is 5. The third-order valence-electron chi connectivity index (χ3n) is 1.87. The Labute approximate surface area is 88.4 Å². The van der Waals surface area contributed by atoms with Gasteiger partial charge in [0.2, 0.25) is 0 Å². The van der Waals surface area contributed by atoms with Crippen molar-refractivity contribution in [3.8, 4) is 0 Å². The fourth-order valence-corrected chi connectivity index (χ4v) is 1.30. The van der Waals surface area contributed by atoms with Crippen molar-refractivity contribution < 1.29 is 9.84 Å². The number of benzene rings is 1. The SMILES string of the molecule is NCC(OCCO)c1ccc(Cl)cc1. The molecule has 14 heavy (non-hydrogen) atoms. The fourth-order valence-electron chi connectivity index (χ4n) is 1.17. The number of aliphatic hydroxyl groups is 1. The quantitative estimate of drug-likeness (QED) is 0.780. The van der Waals surface area contributed by atoms with E-state index in [9.17, 15) is 0 Å². The smallest absolute Gasteiger partial charge is 0.0948 e. The molecule has 1 aromatic carbocycles. The van der Waals surface area contributed by atoms with Crippen molar-refractivity contribution in [3.63, 3.8) is 0 Å². The molecule has 1 unspecified atom stereocenters. The van der Waals surface area contributed by atoms with E-state index >= 15 is 0 Å². The molecular formula is C10H14ClNO2. The second-order valence-corrected chi connectivity index (χ2v) is 3.31. The minimum Gasteiger partial charge on any atom is -0.394 e.